The molecule has 1 aliphatic rings. The average molecular weight is 266 g/mol. The van der Waals surface area contributed by atoms with E-state index in [1.54, 1.807) is 0 Å². The van der Waals surface area contributed by atoms with Gasteiger partial charge in [0.25, 0.3) is 5.91 Å². The number of carbonyl (C=O) groups is 1. The van der Waals surface area contributed by atoms with Crippen molar-refractivity contribution in [1.82, 2.24) is 5.32 Å². The van der Waals surface area contributed by atoms with E-state index in [1.165, 1.54) is 0 Å². The quantitative estimate of drug-likeness (QED) is 0.837. The van der Waals surface area contributed by atoms with E-state index in [-0.39, 0.29) is 5.91 Å². The largest absolute Gasteiger partial charge is 0.348 e. The molecule has 0 radical (unpaired) electrons. The van der Waals surface area contributed by atoms with Crippen LogP contribution in [0.15, 0.2) is 24.3 Å². The van der Waals surface area contributed by atoms with Gasteiger partial charge in [-0.2, -0.15) is 0 Å². The van der Waals surface area contributed by atoms with E-state index in [0.29, 0.717) is 6.54 Å². The van der Waals surface area contributed by atoms with Crippen LogP contribution >= 0.6 is 15.9 Å². The van der Waals surface area contributed by atoms with Crippen LogP contribution in [-0.2, 0) is 6.54 Å². The van der Waals surface area contributed by atoms with Crippen molar-refractivity contribution in [2.45, 2.75) is 13.0 Å². The lowest BCUT2D eigenvalue weighted by Crippen LogP contribution is -2.12. The summed E-state index contributed by atoms with van der Waals surface area (Å²) in [6.45, 7) is 0.666. The molecular formula is C12H12BrNO. The molecule has 0 bridgehead atoms. The third-order valence-corrected chi connectivity index (χ3v) is 2.86. The van der Waals surface area contributed by atoms with Gasteiger partial charge in [-0.3, -0.25) is 4.79 Å². The summed E-state index contributed by atoms with van der Waals surface area (Å²) in [5.74, 6) is 0.0424. The van der Waals surface area contributed by atoms with Crippen LogP contribution in [0.4, 0.5) is 0 Å². The molecule has 78 valence electrons. The molecule has 0 fully saturated rings. The predicted octanol–water partition coefficient (Wildman–Crippen LogP) is 2.73. The molecule has 0 spiro atoms. The Kier molecular flexibility index (Phi) is 3.21. The van der Waals surface area contributed by atoms with Crippen molar-refractivity contribution in [1.29, 1.82) is 0 Å². The molecule has 1 amide bonds. The second kappa shape index (κ2) is 4.62. The Morgan fingerprint density at radius 3 is 3.13 bits per heavy atom. The van der Waals surface area contributed by atoms with Gasteiger partial charge in [-0.25, -0.2) is 0 Å². The van der Waals surface area contributed by atoms with Crippen LogP contribution in [0.1, 0.15) is 27.9 Å². The molecular weight excluding hydrogens is 254 g/mol. The maximum atomic E-state index is 11.4. The number of rotatable bonds is 3. The molecule has 1 N–H and O–H groups in total. The maximum absolute atomic E-state index is 11.4. The molecule has 1 aliphatic heterocycles. The Morgan fingerprint density at radius 1 is 1.47 bits per heavy atom. The monoisotopic (exact) mass is 265 g/mol. The summed E-state index contributed by atoms with van der Waals surface area (Å²) in [4.78, 5) is 11.4. The van der Waals surface area contributed by atoms with E-state index in [9.17, 15) is 4.79 Å². The Hall–Kier alpha value is -1.09. The summed E-state index contributed by atoms with van der Waals surface area (Å²) in [6, 6.07) is 6.01. The molecule has 0 aliphatic carbocycles. The number of alkyl halides is 1. The topological polar surface area (TPSA) is 29.1 Å². The zero-order chi connectivity index (χ0) is 10.7. The van der Waals surface area contributed by atoms with Gasteiger partial charge in [0.15, 0.2) is 0 Å². The van der Waals surface area contributed by atoms with Gasteiger partial charge in [0, 0.05) is 17.4 Å². The SMILES string of the molecule is O=C1NCc2ccc(C=CCCBr)cc21. The van der Waals surface area contributed by atoms with Gasteiger partial charge >= 0.3 is 0 Å². The number of amides is 1. The summed E-state index contributed by atoms with van der Waals surface area (Å²) < 4.78 is 0. The zero-order valence-electron chi connectivity index (χ0n) is 8.29. The molecule has 0 saturated carbocycles. The number of nitrogens with one attached hydrogen (secondary N) is 1. The fraction of sp³-hybridized carbons (Fsp3) is 0.250. The number of halogens is 1. The smallest absolute Gasteiger partial charge is 0.251 e. The van der Waals surface area contributed by atoms with Crippen LogP contribution in [-0.4, -0.2) is 11.2 Å². The van der Waals surface area contributed by atoms with Gasteiger partial charge in [-0.1, -0.05) is 40.2 Å². The third kappa shape index (κ3) is 2.29. The first kappa shape index (κ1) is 10.4. The summed E-state index contributed by atoms with van der Waals surface area (Å²) in [5.41, 5.74) is 3.00. The summed E-state index contributed by atoms with van der Waals surface area (Å²) in [6.07, 6.45) is 5.15. The van der Waals surface area contributed by atoms with E-state index in [4.69, 9.17) is 0 Å². The minimum Gasteiger partial charge on any atom is -0.348 e. The van der Waals surface area contributed by atoms with Crippen LogP contribution < -0.4 is 5.32 Å². The summed E-state index contributed by atoms with van der Waals surface area (Å²) >= 11 is 3.37. The molecule has 1 aromatic rings. The highest BCUT2D eigenvalue weighted by Crippen LogP contribution is 2.18. The van der Waals surface area contributed by atoms with Crippen molar-refractivity contribution >= 4 is 27.9 Å². The normalized spacial score (nSPS) is 14.3. The number of carbonyl (C=O) groups excluding carboxylic acids is 1. The van der Waals surface area contributed by atoms with E-state index in [1.807, 2.05) is 24.3 Å². The Bertz CT molecular complexity index is 412. The average Bonchev–Trinajstić information content (AvgIpc) is 2.61. The Morgan fingerprint density at radius 2 is 2.33 bits per heavy atom. The molecule has 3 heteroatoms. The van der Waals surface area contributed by atoms with Crippen molar-refractivity contribution in [2.24, 2.45) is 0 Å². The van der Waals surface area contributed by atoms with E-state index < -0.39 is 0 Å². The molecule has 15 heavy (non-hydrogen) atoms. The first-order chi connectivity index (χ1) is 7.31. The van der Waals surface area contributed by atoms with Crippen LogP contribution in [0.3, 0.4) is 0 Å². The summed E-state index contributed by atoms with van der Waals surface area (Å²) in [5, 5.41) is 3.78. The molecule has 1 aromatic carbocycles. The van der Waals surface area contributed by atoms with E-state index in [2.05, 4.69) is 27.3 Å². The Labute approximate surface area is 97.5 Å². The van der Waals surface area contributed by atoms with Gasteiger partial charge in [-0.15, -0.1) is 0 Å². The lowest BCUT2D eigenvalue weighted by atomic mass is 10.1. The maximum Gasteiger partial charge on any atom is 0.251 e. The highest BCUT2D eigenvalue weighted by atomic mass is 79.9. The molecule has 2 rings (SSSR count). The van der Waals surface area contributed by atoms with Gasteiger partial charge in [0.1, 0.15) is 0 Å². The first-order valence-electron chi connectivity index (χ1n) is 4.95. The van der Waals surface area contributed by atoms with Crippen molar-refractivity contribution in [3.8, 4) is 0 Å². The van der Waals surface area contributed by atoms with Crippen molar-refractivity contribution in [3.63, 3.8) is 0 Å². The van der Waals surface area contributed by atoms with Crippen LogP contribution in [0.2, 0.25) is 0 Å². The highest BCUT2D eigenvalue weighted by molar-refractivity contribution is 9.09. The first-order valence-corrected chi connectivity index (χ1v) is 6.07. The van der Waals surface area contributed by atoms with Crippen LogP contribution in [0.5, 0.6) is 0 Å². The second-order valence-corrected chi connectivity index (χ2v) is 4.27. The molecule has 0 saturated heterocycles. The molecule has 2 nitrogen and oxygen atoms in total. The number of benzene rings is 1. The molecule has 0 aromatic heterocycles. The number of fused-ring (bicyclic) bond motifs is 1. The van der Waals surface area contributed by atoms with Crippen LogP contribution in [0.25, 0.3) is 6.08 Å². The highest BCUT2D eigenvalue weighted by Gasteiger charge is 2.17. The lowest BCUT2D eigenvalue weighted by molar-refractivity contribution is 0.0966. The van der Waals surface area contributed by atoms with E-state index >= 15 is 0 Å². The van der Waals surface area contributed by atoms with Crippen molar-refractivity contribution in [2.75, 3.05) is 5.33 Å². The van der Waals surface area contributed by atoms with Crippen molar-refractivity contribution in [3.05, 3.63) is 41.0 Å². The number of allylic oxidation sites excluding steroid dienone is 1. The fourth-order valence-electron chi connectivity index (χ4n) is 1.62. The van der Waals surface area contributed by atoms with Crippen molar-refractivity contribution < 1.29 is 4.79 Å². The van der Waals surface area contributed by atoms with Crippen LogP contribution in [0, 0.1) is 0 Å². The number of hydrogen-bond acceptors (Lipinski definition) is 1. The second-order valence-electron chi connectivity index (χ2n) is 3.48. The van der Waals surface area contributed by atoms with Gasteiger partial charge < -0.3 is 5.32 Å². The van der Waals surface area contributed by atoms with E-state index in [0.717, 1.165) is 28.4 Å². The van der Waals surface area contributed by atoms with Gasteiger partial charge in [0.2, 0.25) is 0 Å². The minimum atomic E-state index is 0.0424. The Balaban J connectivity index is 2.22. The third-order valence-electron chi connectivity index (χ3n) is 2.40. The van der Waals surface area contributed by atoms with Gasteiger partial charge in [0.05, 0.1) is 0 Å². The molecule has 1 heterocycles. The predicted molar refractivity (Wildman–Crippen MR) is 65.1 cm³/mol. The lowest BCUT2D eigenvalue weighted by Gasteiger charge is -1.97. The minimum absolute atomic E-state index is 0.0424. The standard InChI is InChI=1S/C12H12BrNO/c13-6-2-1-3-9-4-5-10-8-14-12(15)11(10)7-9/h1,3-5,7H,2,6,8H2,(H,14,15). The zero-order valence-corrected chi connectivity index (χ0v) is 9.88. The number of hydrogen-bond donors (Lipinski definition) is 1. The molecule has 0 unspecified atom stereocenters. The van der Waals surface area contributed by atoms with Gasteiger partial charge in [-0.05, 0) is 23.6 Å². The fourth-order valence-corrected chi connectivity index (χ4v) is 1.88. The summed E-state index contributed by atoms with van der Waals surface area (Å²) in [7, 11) is 0. The molecule has 0 atom stereocenters.